The lowest BCUT2D eigenvalue weighted by atomic mass is 9.84. The zero-order chi connectivity index (χ0) is 12.8. The van der Waals surface area contributed by atoms with Crippen molar-refractivity contribution in [2.24, 2.45) is 10.3 Å². The molecule has 0 atom stereocenters. The van der Waals surface area contributed by atoms with Gasteiger partial charge < -0.3 is 10.4 Å². The van der Waals surface area contributed by atoms with Gasteiger partial charge in [-0.25, -0.2) is 0 Å². The van der Waals surface area contributed by atoms with Crippen LogP contribution in [0.4, 0.5) is 0 Å². The molecule has 4 heteroatoms. The Balaban J connectivity index is 2.14. The van der Waals surface area contributed by atoms with E-state index in [1.165, 1.54) is 37.7 Å². The summed E-state index contributed by atoms with van der Waals surface area (Å²) in [7, 11) is 0. The summed E-state index contributed by atoms with van der Waals surface area (Å²) >= 11 is 0. The second-order valence-corrected chi connectivity index (χ2v) is 4.69. The van der Waals surface area contributed by atoms with Crippen molar-refractivity contribution in [3.63, 3.8) is 0 Å². The standard InChI is InChI=1S/C14H18N2O2/c17-15-10-14(16-18)13-8-6-12(7-9-13)11-4-2-1-3-5-11/h6-11,17-18H,1-5H2/b15-10+,16-14-. The SMILES string of the molecule is O/N=C/C(=N/O)c1ccc(C2CCCCC2)cc1. The largest absolute Gasteiger partial charge is 0.411 e. The summed E-state index contributed by atoms with van der Waals surface area (Å²) in [4.78, 5) is 0. The highest BCUT2D eigenvalue weighted by Crippen LogP contribution is 2.32. The van der Waals surface area contributed by atoms with Crippen molar-refractivity contribution in [2.75, 3.05) is 0 Å². The molecule has 0 aliphatic heterocycles. The van der Waals surface area contributed by atoms with Crippen LogP contribution in [0.2, 0.25) is 0 Å². The Morgan fingerprint density at radius 2 is 1.72 bits per heavy atom. The molecule has 0 amide bonds. The summed E-state index contributed by atoms with van der Waals surface area (Å²) in [5.74, 6) is 0.661. The quantitative estimate of drug-likeness (QED) is 0.488. The lowest BCUT2D eigenvalue weighted by Gasteiger charge is -2.22. The Morgan fingerprint density at radius 1 is 1.06 bits per heavy atom. The lowest BCUT2D eigenvalue weighted by Crippen LogP contribution is -2.06. The second-order valence-electron chi connectivity index (χ2n) is 4.69. The van der Waals surface area contributed by atoms with Crippen LogP contribution in [0.25, 0.3) is 0 Å². The topological polar surface area (TPSA) is 65.2 Å². The maximum absolute atomic E-state index is 8.81. The van der Waals surface area contributed by atoms with E-state index in [0.29, 0.717) is 5.92 Å². The van der Waals surface area contributed by atoms with Crippen molar-refractivity contribution in [3.05, 3.63) is 35.4 Å². The summed E-state index contributed by atoms with van der Waals surface area (Å²) in [6.07, 6.45) is 7.62. The van der Waals surface area contributed by atoms with Crippen LogP contribution in [0.15, 0.2) is 34.6 Å². The third kappa shape index (κ3) is 2.88. The summed E-state index contributed by atoms with van der Waals surface area (Å²) in [6.45, 7) is 0. The fraction of sp³-hybridized carbons (Fsp3) is 0.429. The van der Waals surface area contributed by atoms with Gasteiger partial charge in [-0.3, -0.25) is 0 Å². The molecule has 2 rings (SSSR count). The molecule has 2 N–H and O–H groups in total. The van der Waals surface area contributed by atoms with Crippen molar-refractivity contribution in [1.82, 2.24) is 0 Å². The molecular weight excluding hydrogens is 228 g/mol. The number of hydrogen-bond donors (Lipinski definition) is 2. The summed E-state index contributed by atoms with van der Waals surface area (Å²) in [6, 6.07) is 7.95. The van der Waals surface area contributed by atoms with Gasteiger partial charge in [-0.1, -0.05) is 53.8 Å². The molecule has 1 aromatic carbocycles. The number of benzene rings is 1. The van der Waals surface area contributed by atoms with Crippen LogP contribution >= 0.6 is 0 Å². The maximum atomic E-state index is 8.81. The van der Waals surface area contributed by atoms with Gasteiger partial charge in [0.25, 0.3) is 0 Å². The molecule has 1 saturated carbocycles. The number of nitrogens with zero attached hydrogens (tertiary/aromatic N) is 2. The Morgan fingerprint density at radius 3 is 2.28 bits per heavy atom. The van der Waals surface area contributed by atoms with Crippen molar-refractivity contribution in [2.45, 2.75) is 38.0 Å². The highest BCUT2D eigenvalue weighted by molar-refractivity contribution is 6.37. The zero-order valence-corrected chi connectivity index (χ0v) is 10.3. The normalized spacial score (nSPS) is 18.3. The van der Waals surface area contributed by atoms with Crippen LogP contribution in [0.5, 0.6) is 0 Å². The smallest absolute Gasteiger partial charge is 0.131 e. The predicted octanol–water partition coefficient (Wildman–Crippen LogP) is 3.37. The Kier molecular flexibility index (Phi) is 4.34. The Bertz CT molecular complexity index is 432. The minimum atomic E-state index is 0.257. The highest BCUT2D eigenvalue weighted by Gasteiger charge is 2.15. The molecule has 1 aliphatic rings. The zero-order valence-electron chi connectivity index (χ0n) is 10.3. The van der Waals surface area contributed by atoms with Gasteiger partial charge >= 0.3 is 0 Å². The molecular formula is C14H18N2O2. The summed E-state index contributed by atoms with van der Waals surface area (Å²) in [5, 5.41) is 23.3. The number of rotatable bonds is 3. The molecule has 0 radical (unpaired) electrons. The first-order valence-corrected chi connectivity index (χ1v) is 6.35. The molecule has 0 heterocycles. The average Bonchev–Trinajstić information content (AvgIpc) is 2.46. The molecule has 0 saturated heterocycles. The van der Waals surface area contributed by atoms with Gasteiger partial charge in [0.2, 0.25) is 0 Å². The first kappa shape index (κ1) is 12.6. The Labute approximate surface area is 107 Å². The summed E-state index contributed by atoms with van der Waals surface area (Å²) in [5.41, 5.74) is 2.35. The van der Waals surface area contributed by atoms with Gasteiger partial charge in [0, 0.05) is 5.56 Å². The third-order valence-electron chi connectivity index (χ3n) is 3.57. The van der Waals surface area contributed by atoms with Crippen LogP contribution in [0.3, 0.4) is 0 Å². The van der Waals surface area contributed by atoms with Crippen molar-refractivity contribution in [3.8, 4) is 0 Å². The van der Waals surface area contributed by atoms with Crippen LogP contribution in [-0.4, -0.2) is 22.3 Å². The van der Waals surface area contributed by atoms with Gasteiger partial charge in [-0.05, 0) is 24.3 Å². The molecule has 1 aromatic rings. The van der Waals surface area contributed by atoms with Gasteiger partial charge in [0.05, 0.1) is 6.21 Å². The van der Waals surface area contributed by atoms with E-state index in [0.717, 1.165) is 11.8 Å². The third-order valence-corrected chi connectivity index (χ3v) is 3.57. The monoisotopic (exact) mass is 246 g/mol. The van der Waals surface area contributed by atoms with E-state index in [4.69, 9.17) is 10.4 Å². The van der Waals surface area contributed by atoms with E-state index in [2.05, 4.69) is 22.4 Å². The summed E-state index contributed by atoms with van der Waals surface area (Å²) < 4.78 is 0. The minimum absolute atomic E-state index is 0.257. The van der Waals surface area contributed by atoms with Gasteiger partial charge in [-0.2, -0.15) is 0 Å². The van der Waals surface area contributed by atoms with E-state index in [9.17, 15) is 0 Å². The molecule has 0 bridgehead atoms. The molecule has 0 spiro atoms. The van der Waals surface area contributed by atoms with Crippen molar-refractivity contribution in [1.29, 1.82) is 0 Å². The van der Waals surface area contributed by atoms with E-state index in [-0.39, 0.29) is 5.71 Å². The molecule has 1 fully saturated rings. The predicted molar refractivity (Wildman–Crippen MR) is 70.9 cm³/mol. The fourth-order valence-corrected chi connectivity index (χ4v) is 2.57. The first-order valence-electron chi connectivity index (χ1n) is 6.35. The van der Waals surface area contributed by atoms with E-state index >= 15 is 0 Å². The highest BCUT2D eigenvalue weighted by atomic mass is 16.4. The van der Waals surface area contributed by atoms with Crippen LogP contribution in [-0.2, 0) is 0 Å². The first-order chi connectivity index (χ1) is 8.85. The van der Waals surface area contributed by atoms with E-state index < -0.39 is 0 Å². The minimum Gasteiger partial charge on any atom is -0.411 e. The molecule has 0 unspecified atom stereocenters. The molecule has 96 valence electrons. The van der Waals surface area contributed by atoms with Crippen molar-refractivity contribution < 1.29 is 10.4 Å². The van der Waals surface area contributed by atoms with E-state index in [1.807, 2.05) is 12.1 Å². The number of oxime groups is 2. The molecule has 0 aromatic heterocycles. The molecule has 4 nitrogen and oxygen atoms in total. The molecule has 1 aliphatic carbocycles. The molecule has 18 heavy (non-hydrogen) atoms. The van der Waals surface area contributed by atoms with Gasteiger partial charge in [0.1, 0.15) is 5.71 Å². The maximum Gasteiger partial charge on any atom is 0.131 e. The van der Waals surface area contributed by atoms with Crippen LogP contribution < -0.4 is 0 Å². The van der Waals surface area contributed by atoms with Crippen LogP contribution in [0.1, 0.15) is 49.1 Å². The van der Waals surface area contributed by atoms with Crippen LogP contribution in [0, 0.1) is 0 Å². The fourth-order valence-electron chi connectivity index (χ4n) is 2.57. The second kappa shape index (κ2) is 6.19. The number of hydrogen-bond acceptors (Lipinski definition) is 4. The Hall–Kier alpha value is -1.84. The van der Waals surface area contributed by atoms with Crippen molar-refractivity contribution >= 4 is 11.9 Å². The van der Waals surface area contributed by atoms with Gasteiger partial charge in [-0.15, -0.1) is 0 Å². The average molecular weight is 246 g/mol. The van der Waals surface area contributed by atoms with Gasteiger partial charge in [0.15, 0.2) is 0 Å². The lowest BCUT2D eigenvalue weighted by molar-refractivity contribution is 0.316. The van der Waals surface area contributed by atoms with E-state index in [1.54, 1.807) is 0 Å².